The largest absolute Gasteiger partial charge is 0.496 e. The number of hydrogen-bond acceptors (Lipinski definition) is 3. The Bertz CT molecular complexity index is 439. The second kappa shape index (κ2) is 6.87. The molecule has 0 aromatic heterocycles. The molecule has 0 aliphatic carbocycles. The molecule has 2 nitrogen and oxygen atoms in total. The average Bonchev–Trinajstić information content (AvgIpc) is 2.35. The van der Waals surface area contributed by atoms with Crippen molar-refractivity contribution in [1.82, 2.24) is 0 Å². The quantitative estimate of drug-likeness (QED) is 0.821. The first-order valence-electron chi connectivity index (χ1n) is 5.38. The molecule has 1 atom stereocenters. The van der Waals surface area contributed by atoms with E-state index in [1.165, 1.54) is 17.3 Å². The molecule has 0 radical (unpaired) electrons. The maximum atomic E-state index is 11.5. The average molecular weight is 270 g/mol. The minimum Gasteiger partial charge on any atom is -0.496 e. The summed E-state index contributed by atoms with van der Waals surface area (Å²) in [5.74, 6) is 0.835. The van der Waals surface area contributed by atoms with E-state index in [9.17, 15) is 4.21 Å². The van der Waals surface area contributed by atoms with Crippen LogP contribution in [0.4, 0.5) is 0 Å². The maximum absolute atomic E-state index is 11.5. The summed E-state index contributed by atoms with van der Waals surface area (Å²) in [4.78, 5) is 0. The number of ether oxygens (including phenoxy) is 1. The zero-order chi connectivity index (χ0) is 12.8. The maximum Gasteiger partial charge on any atom is 0.126 e. The van der Waals surface area contributed by atoms with Crippen LogP contribution in [0.2, 0.25) is 0 Å². The van der Waals surface area contributed by atoms with Crippen LogP contribution < -0.4 is 4.74 Å². The third-order valence-corrected chi connectivity index (χ3v) is 4.87. The highest BCUT2D eigenvalue weighted by Gasteiger charge is 2.05. The lowest BCUT2D eigenvalue weighted by molar-refractivity contribution is 0.413. The van der Waals surface area contributed by atoms with Gasteiger partial charge in [-0.15, -0.1) is 11.8 Å². The van der Waals surface area contributed by atoms with Gasteiger partial charge in [-0.1, -0.05) is 19.1 Å². The van der Waals surface area contributed by atoms with Gasteiger partial charge in [0.05, 0.1) is 22.1 Å². The van der Waals surface area contributed by atoms with Gasteiger partial charge in [0, 0.05) is 11.8 Å². The lowest BCUT2D eigenvalue weighted by Gasteiger charge is -2.08. The summed E-state index contributed by atoms with van der Waals surface area (Å²) in [5, 5.41) is 0. The van der Waals surface area contributed by atoms with Gasteiger partial charge in [0.25, 0.3) is 0 Å². The molecule has 94 valence electrons. The number of hydrogen-bond donors (Lipinski definition) is 0. The van der Waals surface area contributed by atoms with Crippen LogP contribution in [-0.2, 0) is 17.2 Å². The second-order valence-corrected chi connectivity index (χ2v) is 6.01. The van der Waals surface area contributed by atoms with E-state index in [0.29, 0.717) is 0 Å². The molecule has 0 heterocycles. The van der Waals surface area contributed by atoms with Crippen molar-refractivity contribution < 1.29 is 8.95 Å². The number of methoxy groups -OCH3 is 1. The Kier molecular flexibility index (Phi) is 5.78. The van der Waals surface area contributed by atoms with Gasteiger partial charge in [-0.2, -0.15) is 0 Å². The Morgan fingerprint density at radius 2 is 2.24 bits per heavy atom. The molecule has 0 aliphatic heterocycles. The first kappa shape index (κ1) is 14.3. The van der Waals surface area contributed by atoms with Gasteiger partial charge in [0.15, 0.2) is 0 Å². The van der Waals surface area contributed by atoms with Crippen molar-refractivity contribution in [2.75, 3.05) is 19.6 Å². The van der Waals surface area contributed by atoms with E-state index in [1.54, 1.807) is 13.4 Å². The van der Waals surface area contributed by atoms with E-state index < -0.39 is 10.8 Å². The van der Waals surface area contributed by atoms with Crippen molar-refractivity contribution in [1.29, 1.82) is 0 Å². The van der Waals surface area contributed by atoms with Crippen LogP contribution in [0.25, 0.3) is 6.08 Å². The van der Waals surface area contributed by atoms with Crippen LogP contribution in [0, 0.1) is 0 Å². The van der Waals surface area contributed by atoms with E-state index in [4.69, 9.17) is 4.74 Å². The lowest BCUT2D eigenvalue weighted by Crippen LogP contribution is -1.92. The van der Waals surface area contributed by atoms with E-state index in [-0.39, 0.29) is 0 Å². The van der Waals surface area contributed by atoms with Crippen LogP contribution in [-0.4, -0.2) is 23.8 Å². The summed E-state index contributed by atoms with van der Waals surface area (Å²) in [7, 11) is 0.708. The predicted octanol–water partition coefficient (Wildman–Crippen LogP) is 3.30. The Hall–Kier alpha value is -0.740. The standard InChI is InChI=1S/C13H18O2S2/c1-5-10-6-7-11(12(8-10)15-2)9-13(16-3)17(4)14/h6-9H,5H2,1-4H3/b13-9-. The van der Waals surface area contributed by atoms with E-state index in [0.717, 1.165) is 22.0 Å². The van der Waals surface area contributed by atoms with E-state index in [2.05, 4.69) is 13.0 Å². The normalized spacial score (nSPS) is 13.5. The van der Waals surface area contributed by atoms with Crippen molar-refractivity contribution >= 4 is 28.6 Å². The molecular weight excluding hydrogens is 252 g/mol. The molecule has 0 N–H and O–H groups in total. The molecule has 0 amide bonds. The molecule has 0 saturated carbocycles. The van der Waals surface area contributed by atoms with Gasteiger partial charge < -0.3 is 4.74 Å². The van der Waals surface area contributed by atoms with E-state index in [1.807, 2.05) is 24.5 Å². The minimum absolute atomic E-state index is 0.835. The van der Waals surface area contributed by atoms with Crippen LogP contribution in [0.15, 0.2) is 22.4 Å². The summed E-state index contributed by atoms with van der Waals surface area (Å²) in [6.07, 6.45) is 6.53. The topological polar surface area (TPSA) is 26.3 Å². The Balaban J connectivity index is 3.17. The highest BCUT2D eigenvalue weighted by atomic mass is 32.2. The number of aryl methyl sites for hydroxylation is 1. The molecule has 17 heavy (non-hydrogen) atoms. The summed E-state index contributed by atoms with van der Waals surface area (Å²) >= 11 is 1.51. The van der Waals surface area contributed by atoms with E-state index >= 15 is 0 Å². The fourth-order valence-electron chi connectivity index (χ4n) is 1.48. The van der Waals surface area contributed by atoms with Crippen molar-refractivity contribution in [3.8, 4) is 5.75 Å². The highest BCUT2D eigenvalue weighted by Crippen LogP contribution is 2.26. The van der Waals surface area contributed by atoms with Gasteiger partial charge in [-0.25, -0.2) is 0 Å². The lowest BCUT2D eigenvalue weighted by atomic mass is 10.1. The molecule has 1 aromatic rings. The summed E-state index contributed by atoms with van der Waals surface area (Å²) in [5.41, 5.74) is 2.21. The molecule has 0 bridgehead atoms. The van der Waals surface area contributed by atoms with Crippen molar-refractivity contribution in [2.24, 2.45) is 0 Å². The Labute approximate surface area is 110 Å². The van der Waals surface area contributed by atoms with Crippen molar-refractivity contribution in [2.45, 2.75) is 13.3 Å². The highest BCUT2D eigenvalue weighted by molar-refractivity contribution is 8.16. The number of rotatable bonds is 5. The zero-order valence-electron chi connectivity index (χ0n) is 10.6. The molecule has 4 heteroatoms. The van der Waals surface area contributed by atoms with Crippen LogP contribution >= 0.6 is 11.8 Å². The molecule has 0 spiro atoms. The van der Waals surface area contributed by atoms with Gasteiger partial charge in [0.2, 0.25) is 0 Å². The molecule has 1 aromatic carbocycles. The van der Waals surface area contributed by atoms with Crippen LogP contribution in [0.3, 0.4) is 0 Å². The number of benzene rings is 1. The molecular formula is C13H18O2S2. The third kappa shape index (κ3) is 3.89. The fourth-order valence-corrected chi connectivity index (χ4v) is 2.96. The third-order valence-electron chi connectivity index (χ3n) is 2.46. The summed E-state index contributed by atoms with van der Waals surface area (Å²) in [6, 6.07) is 6.12. The Morgan fingerprint density at radius 3 is 2.71 bits per heavy atom. The molecule has 1 rings (SSSR count). The second-order valence-electron chi connectivity index (χ2n) is 3.55. The van der Waals surface area contributed by atoms with Gasteiger partial charge >= 0.3 is 0 Å². The molecule has 0 aliphatic rings. The van der Waals surface area contributed by atoms with Gasteiger partial charge in [-0.05, 0) is 30.4 Å². The first-order chi connectivity index (χ1) is 8.12. The summed E-state index contributed by atoms with van der Waals surface area (Å²) in [6.45, 7) is 2.11. The van der Waals surface area contributed by atoms with Crippen molar-refractivity contribution in [3.05, 3.63) is 33.6 Å². The minimum atomic E-state index is -0.953. The molecule has 1 unspecified atom stereocenters. The first-order valence-corrected chi connectivity index (χ1v) is 8.16. The van der Waals surface area contributed by atoms with Crippen LogP contribution in [0.1, 0.15) is 18.1 Å². The zero-order valence-corrected chi connectivity index (χ0v) is 12.3. The number of thioether (sulfide) groups is 1. The molecule has 0 fully saturated rings. The smallest absolute Gasteiger partial charge is 0.126 e. The Morgan fingerprint density at radius 1 is 1.53 bits per heavy atom. The predicted molar refractivity (Wildman–Crippen MR) is 77.9 cm³/mol. The van der Waals surface area contributed by atoms with Crippen LogP contribution in [0.5, 0.6) is 5.75 Å². The van der Waals surface area contributed by atoms with Gasteiger partial charge in [-0.3, -0.25) is 4.21 Å². The van der Waals surface area contributed by atoms with Crippen molar-refractivity contribution in [3.63, 3.8) is 0 Å². The fraction of sp³-hybridized carbons (Fsp3) is 0.385. The van der Waals surface area contributed by atoms with Gasteiger partial charge in [0.1, 0.15) is 5.75 Å². The summed E-state index contributed by atoms with van der Waals surface area (Å²) < 4.78 is 17.7. The SMILES string of the molecule is CCc1ccc(/C=C(/SC)S(C)=O)c(OC)c1. The molecule has 0 saturated heterocycles. The monoisotopic (exact) mass is 270 g/mol.